The number of rotatable bonds is 4. The van der Waals surface area contributed by atoms with Crippen molar-refractivity contribution in [1.29, 1.82) is 0 Å². The first-order chi connectivity index (χ1) is 9.43. The maximum atomic E-state index is 12.0. The molecule has 2 fully saturated rings. The summed E-state index contributed by atoms with van der Waals surface area (Å²) in [7, 11) is -3.77. The van der Waals surface area contributed by atoms with E-state index >= 15 is 0 Å². The maximum Gasteiger partial charge on any atom is 0.267 e. The van der Waals surface area contributed by atoms with E-state index in [1.807, 2.05) is 0 Å². The molecule has 1 aromatic heterocycles. The number of H-pyrrole nitrogens is 1. The van der Waals surface area contributed by atoms with Gasteiger partial charge in [-0.05, 0) is 25.3 Å². The number of sulfonamides is 1. The average molecular weight is 298 g/mol. The Morgan fingerprint density at radius 2 is 2.15 bits per heavy atom. The maximum absolute atomic E-state index is 12.0. The fourth-order valence-corrected chi connectivity index (χ4v) is 3.11. The molecule has 1 amide bonds. The first-order valence-electron chi connectivity index (χ1n) is 6.69. The van der Waals surface area contributed by atoms with E-state index in [-0.39, 0.29) is 22.5 Å². The average Bonchev–Trinajstić information content (AvgIpc) is 2.91. The van der Waals surface area contributed by atoms with Crippen molar-refractivity contribution in [1.82, 2.24) is 15.2 Å². The minimum absolute atomic E-state index is 0.0753. The molecule has 1 saturated heterocycles. The van der Waals surface area contributed by atoms with E-state index in [1.165, 1.54) is 25.1 Å². The van der Waals surface area contributed by atoms with Crippen LogP contribution in [0.15, 0.2) is 17.2 Å². The monoisotopic (exact) mass is 298 g/mol. The van der Waals surface area contributed by atoms with E-state index in [0.717, 1.165) is 19.5 Å². The van der Waals surface area contributed by atoms with E-state index in [1.54, 1.807) is 0 Å². The Hall–Kier alpha value is -1.38. The molecule has 8 heteroatoms. The van der Waals surface area contributed by atoms with E-state index in [0.29, 0.717) is 6.04 Å². The number of nitrogens with zero attached hydrogens (tertiary/aromatic N) is 1. The van der Waals surface area contributed by atoms with E-state index in [4.69, 9.17) is 5.14 Å². The third-order valence-electron chi connectivity index (χ3n) is 3.85. The molecule has 1 atom stereocenters. The van der Waals surface area contributed by atoms with Gasteiger partial charge in [0.15, 0.2) is 0 Å². The van der Waals surface area contributed by atoms with Crippen molar-refractivity contribution in [3.8, 4) is 0 Å². The summed E-state index contributed by atoms with van der Waals surface area (Å²) in [5.74, 6) is -0.289. The molecule has 1 aliphatic heterocycles. The van der Waals surface area contributed by atoms with Crippen LogP contribution in [0.4, 0.5) is 0 Å². The molecule has 1 aromatic rings. The number of hydrogen-bond donors (Lipinski definition) is 3. The summed E-state index contributed by atoms with van der Waals surface area (Å²) in [5.41, 5.74) is 0.221. The Morgan fingerprint density at radius 1 is 1.40 bits per heavy atom. The van der Waals surface area contributed by atoms with Gasteiger partial charge in [0.05, 0.1) is 4.90 Å². The summed E-state index contributed by atoms with van der Waals surface area (Å²) in [6.07, 6.45) is 4.68. The predicted octanol–water partition coefficient (Wildman–Crippen LogP) is -0.371. The molecule has 1 aliphatic carbocycles. The molecule has 7 nitrogen and oxygen atoms in total. The second-order valence-electron chi connectivity index (χ2n) is 5.48. The number of primary sulfonamides is 1. The summed E-state index contributed by atoms with van der Waals surface area (Å²) in [6.45, 7) is 1.89. The normalized spacial score (nSPS) is 23.9. The fraction of sp³-hybridized carbons (Fsp3) is 0.583. The number of hydrogen-bond acceptors (Lipinski definition) is 4. The molecular formula is C12H18N4O3S. The Labute approximate surface area is 117 Å². The van der Waals surface area contributed by atoms with Crippen LogP contribution in [0.5, 0.6) is 0 Å². The smallest absolute Gasteiger partial charge is 0.267 e. The third kappa shape index (κ3) is 2.87. The van der Waals surface area contributed by atoms with Crippen LogP contribution in [0.25, 0.3) is 0 Å². The zero-order valence-electron chi connectivity index (χ0n) is 11.0. The molecule has 4 N–H and O–H groups in total. The van der Waals surface area contributed by atoms with Crippen molar-refractivity contribution in [2.45, 2.75) is 36.2 Å². The minimum atomic E-state index is -3.77. The van der Waals surface area contributed by atoms with Crippen molar-refractivity contribution in [2.24, 2.45) is 5.14 Å². The highest BCUT2D eigenvalue weighted by molar-refractivity contribution is 7.89. The van der Waals surface area contributed by atoms with Gasteiger partial charge in [0.2, 0.25) is 10.0 Å². The molecule has 0 bridgehead atoms. The van der Waals surface area contributed by atoms with E-state index in [9.17, 15) is 13.2 Å². The van der Waals surface area contributed by atoms with Gasteiger partial charge < -0.3 is 10.3 Å². The number of aromatic nitrogens is 1. The fourth-order valence-electron chi connectivity index (χ4n) is 2.61. The van der Waals surface area contributed by atoms with Gasteiger partial charge in [-0.15, -0.1) is 0 Å². The molecule has 3 rings (SSSR count). The van der Waals surface area contributed by atoms with Crippen LogP contribution < -0.4 is 10.5 Å². The molecule has 2 aliphatic rings. The van der Waals surface area contributed by atoms with Gasteiger partial charge in [-0.1, -0.05) is 0 Å². The molecule has 110 valence electrons. The predicted molar refractivity (Wildman–Crippen MR) is 72.6 cm³/mol. The summed E-state index contributed by atoms with van der Waals surface area (Å²) in [4.78, 5) is 17.0. The zero-order valence-corrected chi connectivity index (χ0v) is 11.8. The Balaban J connectivity index is 1.60. The van der Waals surface area contributed by atoms with Gasteiger partial charge in [0.1, 0.15) is 5.69 Å². The number of carbonyl (C=O) groups excluding carboxylic acids is 1. The SMILES string of the molecule is NS(=O)(=O)c1c[nH]c(C(=O)NC2CCN(C3CC3)C2)c1. The number of aromatic amines is 1. The Bertz CT molecular complexity index is 620. The third-order valence-corrected chi connectivity index (χ3v) is 4.74. The second-order valence-corrected chi connectivity index (χ2v) is 7.04. The summed E-state index contributed by atoms with van der Waals surface area (Å²) < 4.78 is 22.3. The number of carbonyl (C=O) groups is 1. The van der Waals surface area contributed by atoms with Gasteiger partial charge in [-0.25, -0.2) is 13.6 Å². The molecule has 0 spiro atoms. The molecule has 0 aromatic carbocycles. The summed E-state index contributed by atoms with van der Waals surface area (Å²) in [6, 6.07) is 2.10. The summed E-state index contributed by atoms with van der Waals surface area (Å²) in [5, 5.41) is 7.93. The molecule has 20 heavy (non-hydrogen) atoms. The first-order valence-corrected chi connectivity index (χ1v) is 8.24. The lowest BCUT2D eigenvalue weighted by atomic mass is 10.2. The zero-order chi connectivity index (χ0) is 14.3. The Kier molecular flexibility index (Phi) is 3.31. The lowest BCUT2D eigenvalue weighted by molar-refractivity contribution is 0.0933. The van der Waals surface area contributed by atoms with Crippen LogP contribution in [-0.2, 0) is 10.0 Å². The topological polar surface area (TPSA) is 108 Å². The van der Waals surface area contributed by atoms with E-state index in [2.05, 4.69) is 15.2 Å². The van der Waals surface area contributed by atoms with Gasteiger partial charge in [-0.2, -0.15) is 0 Å². The standard InChI is InChI=1S/C12H18N4O3S/c13-20(18,19)10-5-11(14-6-10)12(17)15-8-3-4-16(7-8)9-1-2-9/h5-6,8-9,14H,1-4,7H2,(H,15,17)(H2,13,18,19). The van der Waals surface area contributed by atoms with Gasteiger partial charge in [-0.3, -0.25) is 9.69 Å². The molecular weight excluding hydrogens is 280 g/mol. The largest absolute Gasteiger partial charge is 0.356 e. The highest BCUT2D eigenvalue weighted by atomic mass is 32.2. The number of nitrogens with two attached hydrogens (primary N) is 1. The van der Waals surface area contributed by atoms with Crippen LogP contribution in [0.3, 0.4) is 0 Å². The highest BCUT2D eigenvalue weighted by Gasteiger charge is 2.34. The van der Waals surface area contributed by atoms with Crippen molar-refractivity contribution >= 4 is 15.9 Å². The number of nitrogens with one attached hydrogen (secondary N) is 2. The number of likely N-dealkylation sites (tertiary alicyclic amines) is 1. The van der Waals surface area contributed by atoms with Crippen LogP contribution in [0.2, 0.25) is 0 Å². The Morgan fingerprint density at radius 3 is 2.75 bits per heavy atom. The second kappa shape index (κ2) is 4.87. The van der Waals surface area contributed by atoms with Crippen molar-refractivity contribution in [3.05, 3.63) is 18.0 Å². The number of amides is 1. The lowest BCUT2D eigenvalue weighted by Gasteiger charge is -2.15. The van der Waals surface area contributed by atoms with E-state index < -0.39 is 10.0 Å². The minimum Gasteiger partial charge on any atom is -0.356 e. The van der Waals surface area contributed by atoms with Gasteiger partial charge in [0, 0.05) is 31.4 Å². The van der Waals surface area contributed by atoms with Gasteiger partial charge in [0.25, 0.3) is 5.91 Å². The first kappa shape index (κ1) is 13.6. The summed E-state index contributed by atoms with van der Waals surface area (Å²) >= 11 is 0. The van der Waals surface area contributed by atoms with Crippen LogP contribution in [-0.4, -0.2) is 49.4 Å². The van der Waals surface area contributed by atoms with Crippen molar-refractivity contribution in [3.63, 3.8) is 0 Å². The lowest BCUT2D eigenvalue weighted by Crippen LogP contribution is -2.37. The molecule has 2 heterocycles. The van der Waals surface area contributed by atoms with Gasteiger partial charge >= 0.3 is 0 Å². The van der Waals surface area contributed by atoms with Crippen LogP contribution in [0, 0.1) is 0 Å². The quantitative estimate of drug-likeness (QED) is 0.704. The molecule has 1 saturated carbocycles. The highest BCUT2D eigenvalue weighted by Crippen LogP contribution is 2.29. The molecule has 1 unspecified atom stereocenters. The van der Waals surface area contributed by atoms with Crippen LogP contribution in [0.1, 0.15) is 29.8 Å². The van der Waals surface area contributed by atoms with Crippen LogP contribution >= 0.6 is 0 Å². The van der Waals surface area contributed by atoms with Crippen molar-refractivity contribution < 1.29 is 13.2 Å². The van der Waals surface area contributed by atoms with Crippen molar-refractivity contribution in [2.75, 3.05) is 13.1 Å². The molecule has 0 radical (unpaired) electrons.